The van der Waals surface area contributed by atoms with E-state index < -0.39 is 0 Å². The van der Waals surface area contributed by atoms with Gasteiger partial charge in [-0.25, -0.2) is 0 Å². The third-order valence-corrected chi connectivity index (χ3v) is 7.11. The number of nitrogens with one attached hydrogen (secondary N) is 4. The molecule has 3 aromatic rings. The topological polar surface area (TPSA) is 56.3 Å². The Morgan fingerprint density at radius 1 is 0.541 bits per heavy atom. The molecule has 0 atom stereocenters. The molecule has 37 heavy (non-hydrogen) atoms. The second-order valence-electron chi connectivity index (χ2n) is 10.0. The van der Waals surface area contributed by atoms with Crippen LogP contribution in [0.15, 0.2) is 48.5 Å². The molecule has 0 aliphatic rings. The second-order valence-corrected chi connectivity index (χ2v) is 10.0. The van der Waals surface area contributed by atoms with Crippen LogP contribution in [0.1, 0.15) is 46.0 Å². The van der Waals surface area contributed by atoms with E-state index >= 15 is 0 Å². The Balaban J connectivity index is 1.46. The Labute approximate surface area is 225 Å². The van der Waals surface area contributed by atoms with Gasteiger partial charge < -0.3 is 30.7 Å². The van der Waals surface area contributed by atoms with Gasteiger partial charge >= 0.3 is 0 Å². The maximum atomic E-state index is 3.63. The summed E-state index contributed by atoms with van der Waals surface area (Å²) in [6, 6.07) is 17.7. The number of rotatable bonds is 22. The molecule has 0 unspecified atom stereocenters. The monoisotopic (exact) mass is 508 g/mol. The molecule has 0 aliphatic heterocycles. The zero-order valence-electron chi connectivity index (χ0n) is 23.5. The van der Waals surface area contributed by atoms with E-state index in [-0.39, 0.29) is 0 Å². The molecule has 0 saturated carbocycles. The Bertz CT molecular complexity index is 911. The predicted octanol–water partition coefficient (Wildman–Crippen LogP) is 4.45. The molecule has 2 aromatic carbocycles. The van der Waals surface area contributed by atoms with Crippen LogP contribution < -0.4 is 21.3 Å². The number of para-hydroxylation sites is 2. The van der Waals surface area contributed by atoms with Gasteiger partial charge in [-0.2, -0.15) is 0 Å². The quantitative estimate of drug-likeness (QED) is 0.151. The van der Waals surface area contributed by atoms with Crippen LogP contribution >= 0.6 is 0 Å². The lowest BCUT2D eigenvalue weighted by molar-refractivity contribution is 0.257. The molecule has 0 saturated heterocycles. The molecule has 0 bridgehead atoms. The van der Waals surface area contributed by atoms with Crippen LogP contribution in [0, 0.1) is 0 Å². The highest BCUT2D eigenvalue weighted by Crippen LogP contribution is 2.28. The highest BCUT2D eigenvalue weighted by Gasteiger charge is 2.10. The minimum atomic E-state index is 1.06. The van der Waals surface area contributed by atoms with Crippen molar-refractivity contribution < 1.29 is 0 Å². The van der Waals surface area contributed by atoms with E-state index in [1.807, 2.05) is 0 Å². The number of benzene rings is 2. The van der Waals surface area contributed by atoms with Crippen molar-refractivity contribution in [3.63, 3.8) is 0 Å². The van der Waals surface area contributed by atoms with Crippen LogP contribution in [0.3, 0.4) is 0 Å². The Hall–Kier alpha value is -1.96. The molecule has 0 spiro atoms. The third kappa shape index (κ3) is 10.4. The van der Waals surface area contributed by atoms with E-state index in [2.05, 4.69) is 93.1 Å². The lowest BCUT2D eigenvalue weighted by Crippen LogP contribution is -2.32. The van der Waals surface area contributed by atoms with Gasteiger partial charge in [-0.05, 0) is 116 Å². The normalized spacial score (nSPS) is 11.9. The van der Waals surface area contributed by atoms with Gasteiger partial charge in [0.05, 0.1) is 0 Å². The summed E-state index contributed by atoms with van der Waals surface area (Å²) in [5, 5.41) is 16.8. The van der Waals surface area contributed by atoms with Gasteiger partial charge in [-0.15, -0.1) is 0 Å². The van der Waals surface area contributed by atoms with Crippen LogP contribution in [-0.2, 0) is 6.54 Å². The summed E-state index contributed by atoms with van der Waals surface area (Å²) < 4.78 is 2.53. The standard InChI is InChI=1S/C31H52N6/c1-3-32-18-9-20-34-22-11-24-36(25-12-23-35-21-10-19-33-4-2)26-13-27-37-30-16-7-5-14-28(30)29-15-6-8-17-31(29)37/h5-8,14-17,32-35H,3-4,9-13,18-27H2,1-2H3. The molecular weight excluding hydrogens is 456 g/mol. The van der Waals surface area contributed by atoms with Gasteiger partial charge in [-0.1, -0.05) is 50.2 Å². The van der Waals surface area contributed by atoms with Gasteiger partial charge in [0.1, 0.15) is 0 Å². The predicted molar refractivity (Wildman–Crippen MR) is 162 cm³/mol. The van der Waals surface area contributed by atoms with Crippen molar-refractivity contribution in [3.8, 4) is 0 Å². The first-order chi connectivity index (χ1) is 18.3. The average molecular weight is 509 g/mol. The molecule has 6 nitrogen and oxygen atoms in total. The number of aryl methyl sites for hydroxylation is 1. The van der Waals surface area contributed by atoms with E-state index in [1.165, 1.54) is 67.0 Å². The molecule has 206 valence electrons. The van der Waals surface area contributed by atoms with E-state index in [0.29, 0.717) is 0 Å². The fourth-order valence-corrected chi connectivity index (χ4v) is 5.17. The van der Waals surface area contributed by atoms with Crippen LogP contribution in [-0.4, -0.2) is 81.5 Å². The summed E-state index contributed by atoms with van der Waals surface area (Å²) in [5.74, 6) is 0. The van der Waals surface area contributed by atoms with Crippen molar-refractivity contribution >= 4 is 21.8 Å². The zero-order valence-corrected chi connectivity index (χ0v) is 23.5. The molecule has 1 aromatic heterocycles. The van der Waals surface area contributed by atoms with E-state index in [4.69, 9.17) is 0 Å². The molecule has 0 aliphatic carbocycles. The van der Waals surface area contributed by atoms with Crippen molar-refractivity contribution in [1.82, 2.24) is 30.7 Å². The summed E-state index contributed by atoms with van der Waals surface area (Å²) in [7, 11) is 0. The Morgan fingerprint density at radius 2 is 0.973 bits per heavy atom. The SMILES string of the molecule is CCNCCCNCCCN(CCCNCCCNCC)CCCn1c2ccccc2c2ccccc21. The minimum Gasteiger partial charge on any atom is -0.340 e. The van der Waals surface area contributed by atoms with Crippen molar-refractivity contribution in [2.75, 3.05) is 72.0 Å². The molecule has 6 heteroatoms. The maximum Gasteiger partial charge on any atom is 0.0491 e. The largest absolute Gasteiger partial charge is 0.340 e. The Morgan fingerprint density at radius 3 is 1.49 bits per heavy atom. The van der Waals surface area contributed by atoms with Crippen molar-refractivity contribution in [2.45, 2.75) is 52.5 Å². The summed E-state index contributed by atoms with van der Waals surface area (Å²) in [5.41, 5.74) is 2.72. The first kappa shape index (κ1) is 29.6. The highest BCUT2D eigenvalue weighted by atomic mass is 15.1. The van der Waals surface area contributed by atoms with Gasteiger partial charge in [0.15, 0.2) is 0 Å². The number of hydrogen-bond acceptors (Lipinski definition) is 5. The summed E-state index contributed by atoms with van der Waals surface area (Å²) >= 11 is 0. The van der Waals surface area contributed by atoms with Crippen molar-refractivity contribution in [3.05, 3.63) is 48.5 Å². The molecule has 4 N–H and O–H groups in total. The van der Waals surface area contributed by atoms with Crippen LogP contribution in [0.4, 0.5) is 0 Å². The minimum absolute atomic E-state index is 1.06. The summed E-state index contributed by atoms with van der Waals surface area (Å²) in [6.45, 7) is 17.7. The van der Waals surface area contributed by atoms with Crippen molar-refractivity contribution in [1.29, 1.82) is 0 Å². The zero-order chi connectivity index (χ0) is 26.0. The van der Waals surface area contributed by atoms with Crippen LogP contribution in [0.5, 0.6) is 0 Å². The fraction of sp³-hybridized carbons (Fsp3) is 0.613. The van der Waals surface area contributed by atoms with Crippen LogP contribution in [0.25, 0.3) is 21.8 Å². The van der Waals surface area contributed by atoms with Gasteiger partial charge in [0.25, 0.3) is 0 Å². The molecule has 0 amide bonds. The molecule has 0 radical (unpaired) electrons. The number of fused-ring (bicyclic) bond motifs is 3. The van der Waals surface area contributed by atoms with Gasteiger partial charge in [0.2, 0.25) is 0 Å². The molecule has 0 fully saturated rings. The van der Waals surface area contributed by atoms with Gasteiger partial charge in [-0.3, -0.25) is 0 Å². The Kier molecular flexibility index (Phi) is 14.7. The lowest BCUT2D eigenvalue weighted by atomic mass is 10.2. The summed E-state index contributed by atoms with van der Waals surface area (Å²) in [4.78, 5) is 2.69. The van der Waals surface area contributed by atoms with E-state index in [0.717, 1.165) is 65.4 Å². The first-order valence-electron chi connectivity index (χ1n) is 14.9. The smallest absolute Gasteiger partial charge is 0.0491 e. The fourth-order valence-electron chi connectivity index (χ4n) is 5.17. The number of hydrogen-bond donors (Lipinski definition) is 4. The molecular formula is C31H52N6. The third-order valence-electron chi connectivity index (χ3n) is 7.11. The van der Waals surface area contributed by atoms with Crippen molar-refractivity contribution in [2.24, 2.45) is 0 Å². The molecule has 1 heterocycles. The molecule has 3 rings (SSSR count). The first-order valence-corrected chi connectivity index (χ1v) is 14.9. The second kappa shape index (κ2) is 18.3. The van der Waals surface area contributed by atoms with E-state index in [1.54, 1.807) is 0 Å². The lowest BCUT2D eigenvalue weighted by Gasteiger charge is -2.23. The van der Waals surface area contributed by atoms with E-state index in [9.17, 15) is 0 Å². The van der Waals surface area contributed by atoms with Crippen LogP contribution in [0.2, 0.25) is 0 Å². The number of aromatic nitrogens is 1. The number of nitrogens with zero attached hydrogens (tertiary/aromatic N) is 2. The maximum absolute atomic E-state index is 3.63. The highest BCUT2D eigenvalue weighted by molar-refractivity contribution is 6.07. The average Bonchev–Trinajstić information content (AvgIpc) is 3.25. The van der Waals surface area contributed by atoms with Gasteiger partial charge in [0, 0.05) is 28.4 Å². The summed E-state index contributed by atoms with van der Waals surface area (Å²) in [6.07, 6.45) is 6.01.